The monoisotopic (exact) mass is 361 g/mol. The van der Waals surface area contributed by atoms with Crippen LogP contribution in [0, 0.1) is 6.92 Å². The van der Waals surface area contributed by atoms with Crippen LogP contribution in [0.1, 0.15) is 44.4 Å². The molecule has 2 aromatic carbocycles. The van der Waals surface area contributed by atoms with E-state index in [0.29, 0.717) is 13.0 Å². The molecule has 1 N–H and O–H groups in total. The Hall–Kier alpha value is -1.69. The Morgan fingerprint density at radius 2 is 1.60 bits per heavy atom. The van der Waals surface area contributed by atoms with Crippen LogP contribution < -0.4 is 4.72 Å². The molecule has 0 aliphatic heterocycles. The zero-order valence-electron chi connectivity index (χ0n) is 15.3. The molecule has 1 unspecified atom stereocenters. The molecular weight excluding hydrogens is 334 g/mol. The fourth-order valence-electron chi connectivity index (χ4n) is 2.51. The first-order chi connectivity index (χ1) is 11.7. The van der Waals surface area contributed by atoms with Crippen LogP contribution in [-0.4, -0.2) is 20.6 Å². The molecule has 136 valence electrons. The minimum absolute atomic E-state index is 0.165. The number of nitrogens with one attached hydrogen (secondary N) is 1. The molecule has 0 saturated heterocycles. The van der Waals surface area contributed by atoms with E-state index < -0.39 is 10.0 Å². The Bertz CT molecular complexity index is 763. The van der Waals surface area contributed by atoms with Crippen LogP contribution in [0.15, 0.2) is 59.5 Å². The second kappa shape index (κ2) is 8.13. The van der Waals surface area contributed by atoms with Gasteiger partial charge in [0.25, 0.3) is 0 Å². The zero-order chi connectivity index (χ0) is 18.5. The highest BCUT2D eigenvalue weighted by molar-refractivity contribution is 7.89. The summed E-state index contributed by atoms with van der Waals surface area (Å²) in [5.74, 6) is 0. The van der Waals surface area contributed by atoms with Crippen LogP contribution in [0.4, 0.5) is 0 Å². The second-order valence-corrected chi connectivity index (χ2v) is 8.90. The molecule has 1 atom stereocenters. The summed E-state index contributed by atoms with van der Waals surface area (Å²) in [5.41, 5.74) is 1.77. The predicted octanol–water partition coefficient (Wildman–Crippen LogP) is 4.22. The molecule has 4 nitrogen and oxygen atoms in total. The van der Waals surface area contributed by atoms with E-state index in [1.807, 2.05) is 58.0 Å². The Labute approximate surface area is 151 Å². The Kier molecular flexibility index (Phi) is 6.38. The summed E-state index contributed by atoms with van der Waals surface area (Å²) in [5, 5.41) is 0. The number of rotatable bonds is 7. The molecule has 0 bridgehead atoms. The lowest BCUT2D eigenvalue weighted by molar-refractivity contribution is -0.0643. The third kappa shape index (κ3) is 6.27. The fourth-order valence-corrected chi connectivity index (χ4v) is 3.56. The van der Waals surface area contributed by atoms with E-state index in [4.69, 9.17) is 4.74 Å². The SMILES string of the molecule is Cc1ccc(S(=O)(=O)NCCC(OC(C)(C)C)c2ccccc2)cc1. The molecule has 0 radical (unpaired) electrons. The molecule has 0 aliphatic rings. The van der Waals surface area contributed by atoms with Crippen LogP contribution in [0.5, 0.6) is 0 Å². The van der Waals surface area contributed by atoms with E-state index in [2.05, 4.69) is 4.72 Å². The summed E-state index contributed by atoms with van der Waals surface area (Å²) in [4.78, 5) is 0.283. The summed E-state index contributed by atoms with van der Waals surface area (Å²) < 4.78 is 33.6. The van der Waals surface area contributed by atoms with Crippen molar-refractivity contribution in [2.45, 2.75) is 50.7 Å². The highest BCUT2D eigenvalue weighted by Crippen LogP contribution is 2.26. The van der Waals surface area contributed by atoms with Gasteiger partial charge in [-0.25, -0.2) is 13.1 Å². The van der Waals surface area contributed by atoms with Crippen molar-refractivity contribution in [1.82, 2.24) is 4.72 Å². The molecule has 0 spiro atoms. The molecular formula is C20H27NO3S. The highest BCUT2D eigenvalue weighted by atomic mass is 32.2. The van der Waals surface area contributed by atoms with E-state index in [9.17, 15) is 8.42 Å². The van der Waals surface area contributed by atoms with Gasteiger partial charge in [0.2, 0.25) is 10.0 Å². The summed E-state index contributed by atoms with van der Waals surface area (Å²) in [6.07, 6.45) is 0.397. The molecule has 0 fully saturated rings. The van der Waals surface area contributed by atoms with Gasteiger partial charge in [-0.15, -0.1) is 0 Å². The lowest BCUT2D eigenvalue weighted by Crippen LogP contribution is -2.29. The number of aryl methyl sites for hydroxylation is 1. The largest absolute Gasteiger partial charge is 0.368 e. The van der Waals surface area contributed by atoms with Gasteiger partial charge in [0.15, 0.2) is 0 Å². The maximum atomic E-state index is 12.4. The Morgan fingerprint density at radius 1 is 1.00 bits per heavy atom. The van der Waals surface area contributed by atoms with Crippen molar-refractivity contribution in [2.75, 3.05) is 6.54 Å². The van der Waals surface area contributed by atoms with E-state index in [1.54, 1.807) is 24.3 Å². The molecule has 2 rings (SSSR count). The normalized spacial score (nSPS) is 13.6. The average Bonchev–Trinajstić information content (AvgIpc) is 2.54. The number of sulfonamides is 1. The molecule has 0 saturated carbocycles. The van der Waals surface area contributed by atoms with Gasteiger partial charge in [-0.05, 0) is 51.8 Å². The van der Waals surface area contributed by atoms with Crippen molar-refractivity contribution in [2.24, 2.45) is 0 Å². The van der Waals surface area contributed by atoms with Gasteiger partial charge >= 0.3 is 0 Å². The maximum absolute atomic E-state index is 12.4. The lowest BCUT2D eigenvalue weighted by atomic mass is 10.0. The van der Waals surface area contributed by atoms with Crippen LogP contribution in [0.2, 0.25) is 0 Å². The number of hydrogen-bond donors (Lipinski definition) is 1. The topological polar surface area (TPSA) is 55.4 Å². The molecule has 0 aromatic heterocycles. The minimum Gasteiger partial charge on any atom is -0.368 e. The van der Waals surface area contributed by atoms with E-state index >= 15 is 0 Å². The summed E-state index contributed by atoms with van der Waals surface area (Å²) >= 11 is 0. The first-order valence-corrected chi connectivity index (χ1v) is 9.95. The standard InChI is InChI=1S/C20H27NO3S/c1-16-10-12-18(13-11-16)25(22,23)21-15-14-19(24-20(2,3)4)17-8-6-5-7-9-17/h5-13,19,21H,14-15H2,1-4H3. The number of ether oxygens (including phenoxy) is 1. The number of hydrogen-bond acceptors (Lipinski definition) is 3. The zero-order valence-corrected chi connectivity index (χ0v) is 16.1. The van der Waals surface area contributed by atoms with Crippen LogP contribution in [-0.2, 0) is 14.8 Å². The van der Waals surface area contributed by atoms with E-state index in [-0.39, 0.29) is 16.6 Å². The van der Waals surface area contributed by atoms with Crippen LogP contribution >= 0.6 is 0 Å². The third-order valence-corrected chi connectivity index (χ3v) is 5.17. The fraction of sp³-hybridized carbons (Fsp3) is 0.400. The third-order valence-electron chi connectivity index (χ3n) is 3.70. The first kappa shape index (κ1) is 19.6. The van der Waals surface area contributed by atoms with Gasteiger partial charge in [0.05, 0.1) is 16.6 Å². The van der Waals surface area contributed by atoms with Gasteiger partial charge in [0, 0.05) is 6.54 Å². The van der Waals surface area contributed by atoms with Crippen molar-refractivity contribution in [3.05, 3.63) is 65.7 Å². The Balaban J connectivity index is 2.04. The maximum Gasteiger partial charge on any atom is 0.240 e. The average molecular weight is 362 g/mol. The minimum atomic E-state index is -3.50. The molecule has 0 heterocycles. The summed E-state index contributed by atoms with van der Waals surface area (Å²) in [7, 11) is -3.50. The van der Waals surface area contributed by atoms with Crippen molar-refractivity contribution in [3.8, 4) is 0 Å². The molecule has 25 heavy (non-hydrogen) atoms. The van der Waals surface area contributed by atoms with E-state index in [0.717, 1.165) is 11.1 Å². The van der Waals surface area contributed by atoms with Crippen LogP contribution in [0.25, 0.3) is 0 Å². The molecule has 0 aliphatic carbocycles. The van der Waals surface area contributed by atoms with Crippen molar-refractivity contribution in [1.29, 1.82) is 0 Å². The van der Waals surface area contributed by atoms with Crippen molar-refractivity contribution in [3.63, 3.8) is 0 Å². The molecule has 2 aromatic rings. The van der Waals surface area contributed by atoms with Gasteiger partial charge in [-0.1, -0.05) is 48.0 Å². The number of benzene rings is 2. The van der Waals surface area contributed by atoms with E-state index in [1.165, 1.54) is 0 Å². The van der Waals surface area contributed by atoms with Gasteiger partial charge in [0.1, 0.15) is 0 Å². The first-order valence-electron chi connectivity index (χ1n) is 8.46. The lowest BCUT2D eigenvalue weighted by Gasteiger charge is -2.28. The predicted molar refractivity (Wildman–Crippen MR) is 101 cm³/mol. The Morgan fingerprint density at radius 3 is 2.16 bits per heavy atom. The van der Waals surface area contributed by atoms with Crippen molar-refractivity contribution < 1.29 is 13.2 Å². The van der Waals surface area contributed by atoms with Gasteiger partial charge in [-0.2, -0.15) is 0 Å². The van der Waals surface area contributed by atoms with Crippen LogP contribution in [0.3, 0.4) is 0 Å². The van der Waals surface area contributed by atoms with Gasteiger partial charge < -0.3 is 4.74 Å². The smallest absolute Gasteiger partial charge is 0.240 e. The molecule has 0 amide bonds. The molecule has 5 heteroatoms. The van der Waals surface area contributed by atoms with Crippen molar-refractivity contribution >= 4 is 10.0 Å². The second-order valence-electron chi connectivity index (χ2n) is 7.13. The summed E-state index contributed by atoms with van der Waals surface area (Å²) in [6, 6.07) is 16.7. The van der Waals surface area contributed by atoms with Gasteiger partial charge in [-0.3, -0.25) is 0 Å². The summed E-state index contributed by atoms with van der Waals surface area (Å²) in [6.45, 7) is 8.24. The highest BCUT2D eigenvalue weighted by Gasteiger charge is 2.21. The quantitative estimate of drug-likeness (QED) is 0.803.